The van der Waals surface area contributed by atoms with Crippen molar-refractivity contribution >= 4 is 17.4 Å². The minimum atomic E-state index is -0.373. The molecule has 0 unspecified atom stereocenters. The number of nitrogens with one attached hydrogen (secondary N) is 3. The summed E-state index contributed by atoms with van der Waals surface area (Å²) in [6.45, 7) is 0.630. The van der Waals surface area contributed by atoms with Crippen molar-refractivity contribution < 1.29 is 13.9 Å². The fourth-order valence-electron chi connectivity index (χ4n) is 3.06. The Morgan fingerprint density at radius 1 is 1.00 bits per heavy atom. The second-order valence-corrected chi connectivity index (χ2v) is 6.67. The normalized spacial score (nSPS) is 10.8. The van der Waals surface area contributed by atoms with Crippen molar-refractivity contribution in [1.29, 1.82) is 0 Å². The number of H-pyrrole nitrogens is 1. The van der Waals surface area contributed by atoms with E-state index in [-0.39, 0.29) is 23.7 Å². The Balaban J connectivity index is 1.48. The van der Waals surface area contributed by atoms with E-state index in [0.717, 1.165) is 5.56 Å². The Morgan fingerprint density at radius 3 is 2.58 bits per heavy atom. The lowest BCUT2D eigenvalue weighted by Crippen LogP contribution is -2.17. The second kappa shape index (κ2) is 8.74. The monoisotopic (exact) mass is 424 g/mol. The fourth-order valence-corrected chi connectivity index (χ4v) is 3.06. The summed E-state index contributed by atoms with van der Waals surface area (Å²) in [5.74, 6) is 1.49. The highest BCUT2D eigenvalue weighted by Crippen LogP contribution is 2.27. The lowest BCUT2D eigenvalue weighted by atomic mass is 10.2. The van der Waals surface area contributed by atoms with Crippen LogP contribution in [0.2, 0.25) is 0 Å². The number of rotatable bonds is 8. The first-order valence-electron chi connectivity index (χ1n) is 9.49. The lowest BCUT2D eigenvalue weighted by molar-refractivity contribution is 0.354. The van der Waals surface area contributed by atoms with E-state index < -0.39 is 0 Å². The van der Waals surface area contributed by atoms with Gasteiger partial charge >= 0.3 is 0 Å². The zero-order valence-corrected chi connectivity index (χ0v) is 17.0. The van der Waals surface area contributed by atoms with Gasteiger partial charge in [0, 0.05) is 12.6 Å². The number of halogens is 1. The molecule has 0 fully saturated rings. The maximum atomic E-state index is 13.8. The Labute approximate surface area is 176 Å². The molecule has 160 valence electrons. The van der Waals surface area contributed by atoms with Gasteiger partial charge in [0.2, 0.25) is 5.95 Å². The predicted octanol–water partition coefficient (Wildman–Crippen LogP) is 2.80. The number of aromatic nitrogens is 4. The van der Waals surface area contributed by atoms with Crippen molar-refractivity contribution in [2.75, 3.05) is 24.9 Å². The topological polar surface area (TPSA) is 106 Å². The third-order valence-corrected chi connectivity index (χ3v) is 4.63. The van der Waals surface area contributed by atoms with E-state index in [4.69, 9.17) is 9.47 Å². The molecule has 10 heteroatoms. The number of hydrogen-bond acceptors (Lipinski definition) is 7. The van der Waals surface area contributed by atoms with E-state index in [9.17, 15) is 9.18 Å². The molecule has 3 N–H and O–H groups in total. The van der Waals surface area contributed by atoms with Gasteiger partial charge in [-0.2, -0.15) is 9.50 Å². The molecular formula is C21H21FN6O3. The molecule has 0 saturated carbocycles. The number of hydrogen-bond donors (Lipinski definition) is 3. The van der Waals surface area contributed by atoms with Gasteiger partial charge in [-0.1, -0.05) is 18.2 Å². The van der Waals surface area contributed by atoms with Crippen LogP contribution in [0.1, 0.15) is 11.3 Å². The largest absolute Gasteiger partial charge is 0.493 e. The van der Waals surface area contributed by atoms with Crippen LogP contribution < -0.4 is 25.7 Å². The van der Waals surface area contributed by atoms with E-state index in [0.29, 0.717) is 35.4 Å². The Morgan fingerprint density at radius 2 is 1.81 bits per heavy atom. The van der Waals surface area contributed by atoms with Gasteiger partial charge in [-0.3, -0.25) is 9.89 Å². The van der Waals surface area contributed by atoms with Crippen LogP contribution in [-0.2, 0) is 13.1 Å². The molecule has 4 aromatic rings. The molecule has 2 aromatic heterocycles. The van der Waals surface area contributed by atoms with Gasteiger partial charge in [-0.05, 0) is 29.8 Å². The van der Waals surface area contributed by atoms with E-state index in [1.165, 1.54) is 16.6 Å². The van der Waals surface area contributed by atoms with Crippen LogP contribution in [0.5, 0.6) is 11.5 Å². The number of anilines is 2. The molecule has 31 heavy (non-hydrogen) atoms. The van der Waals surface area contributed by atoms with Crippen molar-refractivity contribution in [3.8, 4) is 11.5 Å². The number of ether oxygens (including phenoxy) is 2. The maximum Gasteiger partial charge on any atom is 0.274 e. The minimum absolute atomic E-state index is 0.188. The lowest BCUT2D eigenvalue weighted by Gasteiger charge is -2.09. The Hall–Kier alpha value is -4.08. The van der Waals surface area contributed by atoms with Crippen LogP contribution in [0.3, 0.4) is 0 Å². The molecule has 4 rings (SSSR count). The number of nitrogens with zero attached hydrogens (tertiary/aromatic N) is 3. The highest BCUT2D eigenvalue weighted by molar-refractivity contribution is 5.46. The summed E-state index contributed by atoms with van der Waals surface area (Å²) in [5.41, 5.74) is 1.41. The fraction of sp³-hybridized carbons (Fsp3) is 0.190. The first-order chi connectivity index (χ1) is 15.1. The van der Waals surface area contributed by atoms with Crippen LogP contribution in [0.15, 0.2) is 53.3 Å². The molecule has 0 amide bonds. The SMILES string of the molecule is COc1ccc(CNc2nc3nc(CNc4ccccc4F)cc(=O)n3[nH]2)cc1OC. The second-order valence-electron chi connectivity index (χ2n) is 6.67. The number of methoxy groups -OCH3 is 2. The van der Waals surface area contributed by atoms with Gasteiger partial charge in [0.05, 0.1) is 32.1 Å². The summed E-state index contributed by atoms with van der Waals surface area (Å²) >= 11 is 0. The molecule has 2 aromatic carbocycles. The Bertz CT molecular complexity index is 1270. The summed E-state index contributed by atoms with van der Waals surface area (Å²) in [6.07, 6.45) is 0. The van der Waals surface area contributed by atoms with Crippen molar-refractivity contribution in [2.24, 2.45) is 0 Å². The molecule has 0 aliphatic carbocycles. The molecule has 0 aliphatic heterocycles. The van der Waals surface area contributed by atoms with Crippen molar-refractivity contribution in [1.82, 2.24) is 19.6 Å². The molecule has 0 bridgehead atoms. The predicted molar refractivity (Wildman–Crippen MR) is 114 cm³/mol. The molecule has 0 aliphatic rings. The Kier molecular flexibility index (Phi) is 5.69. The van der Waals surface area contributed by atoms with Gasteiger partial charge in [0.25, 0.3) is 11.3 Å². The molecular weight excluding hydrogens is 403 g/mol. The third kappa shape index (κ3) is 4.42. The number of para-hydroxylation sites is 1. The van der Waals surface area contributed by atoms with Crippen LogP contribution in [0.4, 0.5) is 16.0 Å². The van der Waals surface area contributed by atoms with Crippen LogP contribution in [0, 0.1) is 5.82 Å². The summed E-state index contributed by atoms with van der Waals surface area (Å²) in [4.78, 5) is 21.1. The van der Waals surface area contributed by atoms with Gasteiger partial charge in [0.15, 0.2) is 11.5 Å². The highest BCUT2D eigenvalue weighted by Gasteiger charge is 2.10. The van der Waals surface area contributed by atoms with E-state index in [1.54, 1.807) is 32.4 Å². The van der Waals surface area contributed by atoms with Gasteiger partial charge in [0.1, 0.15) is 5.82 Å². The third-order valence-electron chi connectivity index (χ3n) is 4.63. The van der Waals surface area contributed by atoms with Gasteiger partial charge in [-0.15, -0.1) is 0 Å². The smallest absolute Gasteiger partial charge is 0.274 e. The average molecular weight is 424 g/mol. The summed E-state index contributed by atoms with van der Waals surface area (Å²) in [6, 6.07) is 13.2. The standard InChI is InChI=1S/C21H21FN6O3/c1-30-17-8-7-13(9-18(17)31-2)11-24-20-26-21-25-14(10-19(29)28(21)27-20)12-23-16-6-4-3-5-15(16)22/h3-10,23H,11-12H2,1-2H3,(H2,24,25,26,27). The van der Waals surface area contributed by atoms with Crippen molar-refractivity contribution in [3.63, 3.8) is 0 Å². The van der Waals surface area contributed by atoms with E-state index in [1.807, 2.05) is 18.2 Å². The minimum Gasteiger partial charge on any atom is -0.493 e. The zero-order chi connectivity index (χ0) is 21.8. The van der Waals surface area contributed by atoms with E-state index >= 15 is 0 Å². The summed E-state index contributed by atoms with van der Waals surface area (Å²) < 4.78 is 25.5. The van der Waals surface area contributed by atoms with Gasteiger partial charge in [-0.25, -0.2) is 9.37 Å². The van der Waals surface area contributed by atoms with Crippen molar-refractivity contribution in [3.05, 3.63) is 76.0 Å². The highest BCUT2D eigenvalue weighted by atomic mass is 19.1. The van der Waals surface area contributed by atoms with Gasteiger partial charge < -0.3 is 20.1 Å². The van der Waals surface area contributed by atoms with Crippen LogP contribution in [0.25, 0.3) is 5.78 Å². The van der Waals surface area contributed by atoms with Crippen LogP contribution >= 0.6 is 0 Å². The summed E-state index contributed by atoms with van der Waals surface area (Å²) in [7, 11) is 3.15. The first-order valence-corrected chi connectivity index (χ1v) is 9.49. The number of benzene rings is 2. The number of fused-ring (bicyclic) bond motifs is 1. The van der Waals surface area contributed by atoms with Crippen LogP contribution in [-0.4, -0.2) is 33.8 Å². The molecule has 2 heterocycles. The molecule has 0 radical (unpaired) electrons. The quantitative estimate of drug-likeness (QED) is 0.399. The summed E-state index contributed by atoms with van der Waals surface area (Å²) in [5, 5.41) is 8.94. The van der Waals surface area contributed by atoms with E-state index in [2.05, 4.69) is 25.7 Å². The maximum absolute atomic E-state index is 13.8. The molecule has 9 nitrogen and oxygen atoms in total. The zero-order valence-electron chi connectivity index (χ0n) is 17.0. The first kappa shape index (κ1) is 20.2. The molecule has 0 saturated heterocycles. The molecule has 0 atom stereocenters. The van der Waals surface area contributed by atoms with Crippen molar-refractivity contribution in [2.45, 2.75) is 13.1 Å². The molecule has 0 spiro atoms. The number of aromatic amines is 1. The average Bonchev–Trinajstić information content (AvgIpc) is 3.20.